The van der Waals surface area contributed by atoms with E-state index in [4.69, 9.17) is 9.47 Å². The highest BCUT2D eigenvalue weighted by Gasteiger charge is 2.07. The average molecular weight is 343 g/mol. The molecule has 0 saturated carbocycles. The summed E-state index contributed by atoms with van der Waals surface area (Å²) in [5, 5.41) is 7.44. The molecule has 0 bridgehead atoms. The number of para-hydroxylation sites is 1. The molecule has 5 nitrogen and oxygen atoms in total. The van der Waals surface area contributed by atoms with E-state index in [-0.39, 0.29) is 0 Å². The van der Waals surface area contributed by atoms with E-state index in [2.05, 4.69) is 15.2 Å². The zero-order valence-corrected chi connectivity index (χ0v) is 14.2. The fourth-order valence-corrected chi connectivity index (χ4v) is 2.59. The van der Waals surface area contributed by atoms with Crippen LogP contribution in [0.15, 0.2) is 79.0 Å². The van der Waals surface area contributed by atoms with Gasteiger partial charge in [-0.05, 0) is 54.1 Å². The standard InChI is InChI=1S/C21H17N3O2/c1-25-17-10-7-15(8-11-17)19-13-20(24-23-19)16-9-12-21(22-14-16)26-18-5-3-2-4-6-18/h2-14H,1H3,(H,23,24). The predicted octanol–water partition coefficient (Wildman–Crippen LogP) is 4.94. The summed E-state index contributed by atoms with van der Waals surface area (Å²) in [5.74, 6) is 2.13. The highest BCUT2D eigenvalue weighted by molar-refractivity contribution is 5.68. The van der Waals surface area contributed by atoms with E-state index in [1.807, 2.05) is 72.8 Å². The first kappa shape index (κ1) is 15.9. The van der Waals surface area contributed by atoms with E-state index in [0.717, 1.165) is 34.0 Å². The number of benzene rings is 2. The lowest BCUT2D eigenvalue weighted by Crippen LogP contribution is -1.88. The summed E-state index contributed by atoms with van der Waals surface area (Å²) in [4.78, 5) is 4.36. The molecule has 2 aromatic carbocycles. The van der Waals surface area contributed by atoms with Gasteiger partial charge in [-0.15, -0.1) is 0 Å². The van der Waals surface area contributed by atoms with Crippen molar-refractivity contribution in [3.05, 3.63) is 79.0 Å². The second kappa shape index (κ2) is 7.11. The Morgan fingerprint density at radius 1 is 0.808 bits per heavy atom. The first-order valence-electron chi connectivity index (χ1n) is 8.21. The lowest BCUT2D eigenvalue weighted by Gasteiger charge is -2.04. The number of hydrogen-bond donors (Lipinski definition) is 1. The molecule has 26 heavy (non-hydrogen) atoms. The van der Waals surface area contributed by atoms with Crippen LogP contribution in [0.25, 0.3) is 22.5 Å². The van der Waals surface area contributed by atoms with Gasteiger partial charge in [0.2, 0.25) is 5.88 Å². The van der Waals surface area contributed by atoms with Crippen LogP contribution >= 0.6 is 0 Å². The van der Waals surface area contributed by atoms with Crippen molar-refractivity contribution in [2.45, 2.75) is 0 Å². The number of aromatic amines is 1. The maximum absolute atomic E-state index is 5.71. The molecule has 2 aromatic heterocycles. The van der Waals surface area contributed by atoms with Crippen molar-refractivity contribution in [3.63, 3.8) is 0 Å². The molecule has 0 unspecified atom stereocenters. The third-order valence-electron chi connectivity index (χ3n) is 3.98. The van der Waals surface area contributed by atoms with Gasteiger partial charge in [0.05, 0.1) is 18.5 Å². The van der Waals surface area contributed by atoms with E-state index >= 15 is 0 Å². The van der Waals surface area contributed by atoms with Gasteiger partial charge in [0.25, 0.3) is 0 Å². The molecule has 4 rings (SSSR count). The SMILES string of the molecule is COc1ccc(-c2cc(-c3ccc(Oc4ccccc4)nc3)n[nH]2)cc1. The van der Waals surface area contributed by atoms with Gasteiger partial charge < -0.3 is 9.47 Å². The Morgan fingerprint density at radius 3 is 2.27 bits per heavy atom. The summed E-state index contributed by atoms with van der Waals surface area (Å²) in [6.45, 7) is 0. The first-order valence-corrected chi connectivity index (χ1v) is 8.21. The molecule has 0 aliphatic rings. The van der Waals surface area contributed by atoms with Gasteiger partial charge in [-0.2, -0.15) is 5.10 Å². The van der Waals surface area contributed by atoms with Crippen molar-refractivity contribution < 1.29 is 9.47 Å². The van der Waals surface area contributed by atoms with Gasteiger partial charge in [0, 0.05) is 17.8 Å². The summed E-state index contributed by atoms with van der Waals surface area (Å²) in [6.07, 6.45) is 1.76. The third-order valence-corrected chi connectivity index (χ3v) is 3.98. The van der Waals surface area contributed by atoms with Crippen LogP contribution in [0.1, 0.15) is 0 Å². The number of rotatable bonds is 5. The van der Waals surface area contributed by atoms with Gasteiger partial charge in [0.15, 0.2) is 0 Å². The quantitative estimate of drug-likeness (QED) is 0.557. The van der Waals surface area contributed by atoms with Crippen molar-refractivity contribution in [1.29, 1.82) is 0 Å². The molecule has 2 heterocycles. The van der Waals surface area contributed by atoms with Gasteiger partial charge in [-0.3, -0.25) is 5.10 Å². The van der Waals surface area contributed by atoms with Crippen molar-refractivity contribution in [2.24, 2.45) is 0 Å². The van der Waals surface area contributed by atoms with Gasteiger partial charge in [0.1, 0.15) is 11.5 Å². The van der Waals surface area contributed by atoms with Crippen LogP contribution in [0.5, 0.6) is 17.4 Å². The smallest absolute Gasteiger partial charge is 0.219 e. The molecule has 5 heteroatoms. The summed E-state index contributed by atoms with van der Waals surface area (Å²) in [5.41, 5.74) is 3.73. The number of methoxy groups -OCH3 is 1. The maximum Gasteiger partial charge on any atom is 0.219 e. The van der Waals surface area contributed by atoms with Crippen LogP contribution in [0.4, 0.5) is 0 Å². The topological polar surface area (TPSA) is 60.0 Å². The van der Waals surface area contributed by atoms with Crippen molar-refractivity contribution in [1.82, 2.24) is 15.2 Å². The van der Waals surface area contributed by atoms with Crippen LogP contribution in [-0.2, 0) is 0 Å². The normalized spacial score (nSPS) is 10.5. The van der Waals surface area contributed by atoms with Crippen molar-refractivity contribution in [3.8, 4) is 39.9 Å². The third kappa shape index (κ3) is 3.42. The zero-order chi connectivity index (χ0) is 17.8. The Balaban J connectivity index is 1.52. The van der Waals surface area contributed by atoms with E-state index in [9.17, 15) is 0 Å². The number of nitrogens with one attached hydrogen (secondary N) is 1. The Morgan fingerprint density at radius 2 is 1.58 bits per heavy atom. The maximum atomic E-state index is 5.71. The summed E-state index contributed by atoms with van der Waals surface area (Å²) in [7, 11) is 1.65. The minimum absolute atomic E-state index is 0.547. The Bertz CT molecular complexity index is 978. The fourth-order valence-electron chi connectivity index (χ4n) is 2.59. The molecule has 0 amide bonds. The molecule has 4 aromatic rings. The van der Waals surface area contributed by atoms with Crippen molar-refractivity contribution in [2.75, 3.05) is 7.11 Å². The molecule has 0 spiro atoms. The Labute approximate surface area is 151 Å². The highest BCUT2D eigenvalue weighted by atomic mass is 16.5. The van der Waals surface area contributed by atoms with Crippen LogP contribution in [-0.4, -0.2) is 22.3 Å². The lowest BCUT2D eigenvalue weighted by molar-refractivity contribution is 0.415. The molecule has 128 valence electrons. The van der Waals surface area contributed by atoms with Crippen molar-refractivity contribution >= 4 is 0 Å². The Hall–Kier alpha value is -3.60. The van der Waals surface area contributed by atoms with Crippen LogP contribution in [0.2, 0.25) is 0 Å². The molecule has 0 atom stereocenters. The number of H-pyrrole nitrogens is 1. The zero-order valence-electron chi connectivity index (χ0n) is 14.2. The molecule has 0 saturated heterocycles. The molecular formula is C21H17N3O2. The summed E-state index contributed by atoms with van der Waals surface area (Å²) in [6, 6.07) is 23.2. The van der Waals surface area contributed by atoms with E-state index in [0.29, 0.717) is 5.88 Å². The predicted molar refractivity (Wildman–Crippen MR) is 100 cm³/mol. The minimum Gasteiger partial charge on any atom is -0.497 e. The molecular weight excluding hydrogens is 326 g/mol. The molecule has 1 N–H and O–H groups in total. The minimum atomic E-state index is 0.547. The average Bonchev–Trinajstić information content (AvgIpc) is 3.20. The fraction of sp³-hybridized carbons (Fsp3) is 0.0476. The van der Waals surface area contributed by atoms with Gasteiger partial charge >= 0.3 is 0 Å². The van der Waals surface area contributed by atoms with Gasteiger partial charge in [-0.25, -0.2) is 4.98 Å². The summed E-state index contributed by atoms with van der Waals surface area (Å²) >= 11 is 0. The second-order valence-electron chi connectivity index (χ2n) is 5.70. The molecule has 0 radical (unpaired) electrons. The number of ether oxygens (including phenoxy) is 2. The molecule has 0 aliphatic carbocycles. The van der Waals surface area contributed by atoms with Crippen LogP contribution < -0.4 is 9.47 Å². The number of pyridine rings is 1. The van der Waals surface area contributed by atoms with Crippen LogP contribution in [0, 0.1) is 0 Å². The highest BCUT2D eigenvalue weighted by Crippen LogP contribution is 2.26. The second-order valence-corrected chi connectivity index (χ2v) is 5.70. The summed E-state index contributed by atoms with van der Waals surface area (Å²) < 4.78 is 10.9. The first-order chi connectivity index (χ1) is 12.8. The van der Waals surface area contributed by atoms with Gasteiger partial charge in [-0.1, -0.05) is 18.2 Å². The van der Waals surface area contributed by atoms with Crippen LogP contribution in [0.3, 0.4) is 0 Å². The number of hydrogen-bond acceptors (Lipinski definition) is 4. The Kier molecular flexibility index (Phi) is 4.35. The number of nitrogens with zero attached hydrogens (tertiary/aromatic N) is 2. The van der Waals surface area contributed by atoms with E-state index < -0.39 is 0 Å². The number of aromatic nitrogens is 3. The largest absolute Gasteiger partial charge is 0.497 e. The molecule has 0 fully saturated rings. The monoisotopic (exact) mass is 343 g/mol. The van der Waals surface area contributed by atoms with E-state index in [1.165, 1.54) is 0 Å². The molecule has 0 aliphatic heterocycles. The lowest BCUT2D eigenvalue weighted by atomic mass is 10.1. The van der Waals surface area contributed by atoms with E-state index in [1.54, 1.807) is 13.3 Å².